The predicted octanol–water partition coefficient (Wildman–Crippen LogP) is 0.679. The molecule has 0 spiro atoms. The molecule has 0 bridgehead atoms. The van der Waals surface area contributed by atoms with Gasteiger partial charge in [-0.25, -0.2) is 4.79 Å². The van der Waals surface area contributed by atoms with Gasteiger partial charge >= 0.3 is 12.0 Å². The second-order valence-corrected chi connectivity index (χ2v) is 2.70. The normalized spacial score (nSPS) is 9.21. The lowest BCUT2D eigenvalue weighted by Crippen LogP contribution is -2.40. The zero-order valence-electron chi connectivity index (χ0n) is 8.32. The molecule has 2 N–H and O–H groups in total. The quantitative estimate of drug-likeness (QED) is 0.619. The first-order valence-electron chi connectivity index (χ1n) is 4.47. The number of likely N-dealkylation sites (N-methyl/N-ethyl adjacent to an activating group) is 1. The molecule has 0 heterocycles. The van der Waals surface area contributed by atoms with Gasteiger partial charge in [0.25, 0.3) is 0 Å². The van der Waals surface area contributed by atoms with Crippen molar-refractivity contribution in [1.29, 1.82) is 0 Å². The smallest absolute Gasteiger partial charge is 0.317 e. The Morgan fingerprint density at radius 1 is 1.57 bits per heavy atom. The first-order valence-corrected chi connectivity index (χ1v) is 4.47. The van der Waals surface area contributed by atoms with Crippen molar-refractivity contribution >= 4 is 12.0 Å². The van der Waals surface area contributed by atoms with Crippen LogP contribution in [0.1, 0.15) is 13.3 Å². The molecule has 5 heteroatoms. The Labute approximate surface area is 83.4 Å². The summed E-state index contributed by atoms with van der Waals surface area (Å²) in [5.41, 5.74) is 0. The van der Waals surface area contributed by atoms with Gasteiger partial charge in [0.1, 0.15) is 0 Å². The summed E-state index contributed by atoms with van der Waals surface area (Å²) in [6, 6.07) is -0.256. The largest absolute Gasteiger partial charge is 0.481 e. The zero-order chi connectivity index (χ0) is 11.0. The fourth-order valence-corrected chi connectivity index (χ4v) is 0.900. The van der Waals surface area contributed by atoms with Crippen molar-refractivity contribution in [2.75, 3.05) is 19.6 Å². The number of nitrogens with one attached hydrogen (secondary N) is 1. The molecule has 0 atom stereocenters. The Balaban J connectivity index is 3.80. The second-order valence-electron chi connectivity index (χ2n) is 2.70. The third-order valence-corrected chi connectivity index (χ3v) is 1.63. The van der Waals surface area contributed by atoms with Crippen LogP contribution >= 0.6 is 0 Å². The summed E-state index contributed by atoms with van der Waals surface area (Å²) in [5, 5.41) is 10.9. The number of hydrogen-bond donors (Lipinski definition) is 2. The Kier molecular flexibility index (Phi) is 6.19. The molecule has 2 amide bonds. The van der Waals surface area contributed by atoms with Gasteiger partial charge in [-0.15, -0.1) is 6.58 Å². The Morgan fingerprint density at radius 3 is 2.64 bits per heavy atom. The molecule has 0 aromatic heterocycles. The molecule has 0 aliphatic rings. The fourth-order valence-electron chi connectivity index (χ4n) is 0.900. The van der Waals surface area contributed by atoms with E-state index in [4.69, 9.17) is 5.11 Å². The highest BCUT2D eigenvalue weighted by molar-refractivity contribution is 5.75. The topological polar surface area (TPSA) is 69.6 Å². The minimum atomic E-state index is -0.919. The summed E-state index contributed by atoms with van der Waals surface area (Å²) in [4.78, 5) is 23.0. The van der Waals surface area contributed by atoms with Gasteiger partial charge in [0.05, 0.1) is 6.42 Å². The SMILES string of the molecule is C=CCN(CC)C(=O)NCCC(=O)O. The molecular weight excluding hydrogens is 184 g/mol. The van der Waals surface area contributed by atoms with Crippen LogP contribution in [0.3, 0.4) is 0 Å². The zero-order valence-corrected chi connectivity index (χ0v) is 8.32. The van der Waals surface area contributed by atoms with Gasteiger partial charge in [-0.2, -0.15) is 0 Å². The average Bonchev–Trinajstić information content (AvgIpc) is 2.13. The first kappa shape index (κ1) is 12.5. The maximum absolute atomic E-state index is 11.3. The number of aliphatic carboxylic acids is 1. The molecule has 0 saturated heterocycles. The van der Waals surface area contributed by atoms with Crippen LogP contribution in [-0.2, 0) is 4.79 Å². The van der Waals surface area contributed by atoms with E-state index in [2.05, 4.69) is 11.9 Å². The highest BCUT2D eigenvalue weighted by Gasteiger charge is 2.08. The molecule has 0 radical (unpaired) electrons. The van der Waals surface area contributed by atoms with E-state index in [1.807, 2.05) is 6.92 Å². The number of carboxylic acids is 1. The second kappa shape index (κ2) is 6.94. The van der Waals surface area contributed by atoms with E-state index < -0.39 is 5.97 Å². The number of carbonyl (C=O) groups excluding carboxylic acids is 1. The van der Waals surface area contributed by atoms with Crippen molar-refractivity contribution in [3.63, 3.8) is 0 Å². The molecular formula is C9H16N2O3. The van der Waals surface area contributed by atoms with Crippen molar-refractivity contribution in [1.82, 2.24) is 10.2 Å². The summed E-state index contributed by atoms with van der Waals surface area (Å²) in [6.07, 6.45) is 1.57. The van der Waals surface area contributed by atoms with Crippen LogP contribution in [0.5, 0.6) is 0 Å². The van der Waals surface area contributed by atoms with Crippen molar-refractivity contribution < 1.29 is 14.7 Å². The van der Waals surface area contributed by atoms with Crippen LogP contribution in [-0.4, -0.2) is 41.6 Å². The Hall–Kier alpha value is -1.52. The van der Waals surface area contributed by atoms with Crippen molar-refractivity contribution in [2.24, 2.45) is 0 Å². The van der Waals surface area contributed by atoms with Gasteiger partial charge in [-0.3, -0.25) is 4.79 Å². The van der Waals surface area contributed by atoms with Gasteiger partial charge < -0.3 is 15.3 Å². The van der Waals surface area contributed by atoms with E-state index in [0.717, 1.165) is 0 Å². The highest BCUT2D eigenvalue weighted by Crippen LogP contribution is 1.89. The van der Waals surface area contributed by atoms with E-state index in [1.165, 1.54) is 4.90 Å². The van der Waals surface area contributed by atoms with Gasteiger partial charge in [-0.05, 0) is 6.92 Å². The molecule has 0 fully saturated rings. The maximum atomic E-state index is 11.3. The fraction of sp³-hybridized carbons (Fsp3) is 0.556. The highest BCUT2D eigenvalue weighted by atomic mass is 16.4. The van der Waals surface area contributed by atoms with Crippen molar-refractivity contribution in [2.45, 2.75) is 13.3 Å². The minimum absolute atomic E-state index is 0.0582. The summed E-state index contributed by atoms with van der Waals surface area (Å²) in [6.45, 7) is 6.57. The number of amides is 2. The van der Waals surface area contributed by atoms with E-state index in [-0.39, 0.29) is 19.0 Å². The number of urea groups is 1. The lowest BCUT2D eigenvalue weighted by molar-refractivity contribution is -0.136. The summed E-state index contributed by atoms with van der Waals surface area (Å²) >= 11 is 0. The molecule has 0 aliphatic carbocycles. The van der Waals surface area contributed by atoms with Crippen LogP contribution in [0.2, 0.25) is 0 Å². The Bertz CT molecular complexity index is 216. The number of nitrogens with zero attached hydrogens (tertiary/aromatic N) is 1. The lowest BCUT2D eigenvalue weighted by Gasteiger charge is -2.19. The van der Waals surface area contributed by atoms with Crippen LogP contribution < -0.4 is 5.32 Å². The van der Waals surface area contributed by atoms with Crippen LogP contribution in [0.15, 0.2) is 12.7 Å². The molecule has 5 nitrogen and oxygen atoms in total. The molecule has 0 aromatic carbocycles. The van der Waals surface area contributed by atoms with Crippen molar-refractivity contribution in [3.05, 3.63) is 12.7 Å². The lowest BCUT2D eigenvalue weighted by atomic mass is 10.4. The third kappa shape index (κ3) is 5.18. The molecule has 14 heavy (non-hydrogen) atoms. The van der Waals surface area contributed by atoms with E-state index >= 15 is 0 Å². The monoisotopic (exact) mass is 200 g/mol. The average molecular weight is 200 g/mol. The third-order valence-electron chi connectivity index (χ3n) is 1.63. The number of rotatable bonds is 6. The van der Waals surface area contributed by atoms with Crippen LogP contribution in [0, 0.1) is 0 Å². The van der Waals surface area contributed by atoms with Gasteiger partial charge in [-0.1, -0.05) is 6.08 Å². The molecule has 0 rings (SSSR count). The first-order chi connectivity index (χ1) is 6.61. The van der Waals surface area contributed by atoms with E-state index in [1.54, 1.807) is 6.08 Å². The standard InChI is InChI=1S/C9H16N2O3/c1-3-7-11(4-2)9(14)10-6-5-8(12)13/h3H,1,4-7H2,2H3,(H,10,14)(H,12,13). The van der Waals surface area contributed by atoms with E-state index in [0.29, 0.717) is 13.1 Å². The maximum Gasteiger partial charge on any atom is 0.317 e. The van der Waals surface area contributed by atoms with E-state index in [9.17, 15) is 9.59 Å². The number of hydrogen-bond acceptors (Lipinski definition) is 2. The molecule has 0 aromatic rings. The molecule has 0 saturated carbocycles. The van der Waals surface area contributed by atoms with Crippen molar-refractivity contribution in [3.8, 4) is 0 Å². The minimum Gasteiger partial charge on any atom is -0.481 e. The van der Waals surface area contributed by atoms with Gasteiger partial charge in [0.2, 0.25) is 0 Å². The number of carbonyl (C=O) groups is 2. The Morgan fingerprint density at radius 2 is 2.21 bits per heavy atom. The van der Waals surface area contributed by atoms with Gasteiger partial charge in [0.15, 0.2) is 0 Å². The number of carboxylic acid groups (broad SMARTS) is 1. The van der Waals surface area contributed by atoms with Gasteiger partial charge in [0, 0.05) is 19.6 Å². The molecule has 80 valence electrons. The summed E-state index contributed by atoms with van der Waals surface area (Å²) < 4.78 is 0. The molecule has 0 aliphatic heterocycles. The van der Waals surface area contributed by atoms with Crippen LogP contribution in [0.4, 0.5) is 4.79 Å². The molecule has 0 unspecified atom stereocenters. The van der Waals surface area contributed by atoms with Crippen LogP contribution in [0.25, 0.3) is 0 Å². The summed E-state index contributed by atoms with van der Waals surface area (Å²) in [7, 11) is 0. The predicted molar refractivity (Wildman–Crippen MR) is 53.1 cm³/mol. The summed E-state index contributed by atoms with van der Waals surface area (Å²) in [5.74, 6) is -0.919.